The highest BCUT2D eigenvalue weighted by Gasteiger charge is 2.18. The molecule has 1 aliphatic heterocycles. The van der Waals surface area contributed by atoms with Gasteiger partial charge in [0.05, 0.1) is 6.61 Å². The number of ether oxygens (including phenoxy) is 2. The summed E-state index contributed by atoms with van der Waals surface area (Å²) in [5.74, 6) is -0.231. The number of pyridine rings is 1. The van der Waals surface area contributed by atoms with Crippen LogP contribution in [0.4, 0.5) is 0 Å². The molecule has 16 heavy (non-hydrogen) atoms. The van der Waals surface area contributed by atoms with Crippen LogP contribution in [0.15, 0.2) is 18.3 Å². The van der Waals surface area contributed by atoms with Crippen LogP contribution in [-0.4, -0.2) is 30.2 Å². The number of hydrogen-bond donors (Lipinski definition) is 1. The molecule has 2 heterocycles. The summed E-state index contributed by atoms with van der Waals surface area (Å²) in [4.78, 5) is 15.1. The van der Waals surface area contributed by atoms with Crippen LogP contribution in [0.1, 0.15) is 23.2 Å². The second-order valence-corrected chi connectivity index (χ2v) is 3.68. The molecule has 1 aliphatic rings. The number of carbonyl (C=O) groups excluding carboxylic acids is 1. The zero-order valence-electron chi connectivity index (χ0n) is 8.89. The van der Waals surface area contributed by atoms with Gasteiger partial charge < -0.3 is 15.2 Å². The van der Waals surface area contributed by atoms with E-state index >= 15 is 0 Å². The highest BCUT2D eigenvalue weighted by atomic mass is 16.5. The Hall–Kier alpha value is -1.62. The summed E-state index contributed by atoms with van der Waals surface area (Å²) < 4.78 is 10.9. The summed E-state index contributed by atoms with van der Waals surface area (Å²) in [5, 5.41) is 0. The minimum absolute atomic E-state index is 0.0400. The number of primary amides is 1. The van der Waals surface area contributed by atoms with Crippen LogP contribution in [-0.2, 0) is 4.74 Å². The quantitative estimate of drug-likeness (QED) is 0.818. The van der Waals surface area contributed by atoms with Crippen LogP contribution < -0.4 is 10.5 Å². The Morgan fingerprint density at radius 1 is 1.62 bits per heavy atom. The van der Waals surface area contributed by atoms with Crippen molar-refractivity contribution in [2.75, 3.05) is 13.2 Å². The first-order chi connectivity index (χ1) is 7.77. The van der Waals surface area contributed by atoms with Gasteiger partial charge in [0.1, 0.15) is 11.7 Å². The van der Waals surface area contributed by atoms with Crippen molar-refractivity contribution in [1.82, 2.24) is 4.98 Å². The Bertz CT molecular complexity index is 375. The van der Waals surface area contributed by atoms with E-state index in [1.807, 2.05) is 0 Å². The fourth-order valence-electron chi connectivity index (χ4n) is 1.63. The normalized spacial score (nSPS) is 20.4. The molecule has 5 heteroatoms. The van der Waals surface area contributed by atoms with Gasteiger partial charge in [-0.2, -0.15) is 0 Å². The Kier molecular flexibility index (Phi) is 3.36. The van der Waals surface area contributed by atoms with E-state index in [9.17, 15) is 4.79 Å². The molecule has 0 saturated carbocycles. The molecular formula is C11H14N2O3. The van der Waals surface area contributed by atoms with Crippen molar-refractivity contribution in [2.24, 2.45) is 5.73 Å². The monoisotopic (exact) mass is 222 g/mol. The van der Waals surface area contributed by atoms with E-state index in [1.165, 1.54) is 0 Å². The Labute approximate surface area is 93.6 Å². The van der Waals surface area contributed by atoms with Crippen molar-refractivity contribution in [3.05, 3.63) is 23.9 Å². The minimum atomic E-state index is -0.528. The first kappa shape index (κ1) is 10.9. The summed E-state index contributed by atoms with van der Waals surface area (Å²) in [5.41, 5.74) is 5.54. The SMILES string of the molecule is NC(=O)c1cccnc1OC1CCCOC1. The standard InChI is InChI=1S/C11H14N2O3/c12-10(14)9-4-1-5-13-11(9)16-8-3-2-6-15-7-8/h1,4-5,8H,2-3,6-7H2,(H2,12,14). The summed E-state index contributed by atoms with van der Waals surface area (Å²) in [6.45, 7) is 1.31. The number of hydrogen-bond acceptors (Lipinski definition) is 4. The van der Waals surface area contributed by atoms with Gasteiger partial charge in [0.2, 0.25) is 5.88 Å². The maximum atomic E-state index is 11.1. The van der Waals surface area contributed by atoms with Crippen molar-refractivity contribution >= 4 is 5.91 Å². The van der Waals surface area contributed by atoms with Gasteiger partial charge in [0.25, 0.3) is 5.91 Å². The van der Waals surface area contributed by atoms with E-state index in [4.69, 9.17) is 15.2 Å². The van der Waals surface area contributed by atoms with Crippen LogP contribution in [0.2, 0.25) is 0 Å². The third-order valence-corrected chi connectivity index (χ3v) is 2.43. The van der Waals surface area contributed by atoms with Gasteiger partial charge >= 0.3 is 0 Å². The lowest BCUT2D eigenvalue weighted by atomic mass is 10.2. The summed E-state index contributed by atoms with van der Waals surface area (Å²) in [6.07, 6.45) is 3.41. The molecule has 1 amide bonds. The zero-order chi connectivity index (χ0) is 11.4. The predicted molar refractivity (Wildman–Crippen MR) is 57.2 cm³/mol. The molecule has 1 unspecified atom stereocenters. The molecule has 0 bridgehead atoms. The van der Waals surface area contributed by atoms with Crippen LogP contribution in [0.25, 0.3) is 0 Å². The van der Waals surface area contributed by atoms with Gasteiger partial charge in [-0.25, -0.2) is 4.98 Å². The number of amides is 1. The molecule has 2 rings (SSSR count). The highest BCUT2D eigenvalue weighted by Crippen LogP contribution is 2.18. The molecule has 86 valence electrons. The lowest BCUT2D eigenvalue weighted by molar-refractivity contribution is 0.00515. The smallest absolute Gasteiger partial charge is 0.254 e. The first-order valence-corrected chi connectivity index (χ1v) is 5.26. The number of aromatic nitrogens is 1. The number of nitrogens with zero attached hydrogens (tertiary/aromatic N) is 1. The lowest BCUT2D eigenvalue weighted by Crippen LogP contribution is -2.29. The zero-order valence-corrected chi connectivity index (χ0v) is 8.89. The van der Waals surface area contributed by atoms with Crippen LogP contribution >= 0.6 is 0 Å². The molecule has 0 aliphatic carbocycles. The molecule has 2 N–H and O–H groups in total. The Morgan fingerprint density at radius 3 is 3.19 bits per heavy atom. The molecular weight excluding hydrogens is 208 g/mol. The number of carbonyl (C=O) groups is 1. The third-order valence-electron chi connectivity index (χ3n) is 2.43. The molecule has 1 atom stereocenters. The maximum absolute atomic E-state index is 11.1. The van der Waals surface area contributed by atoms with Crippen molar-refractivity contribution in [3.8, 4) is 5.88 Å². The second kappa shape index (κ2) is 4.94. The molecule has 1 saturated heterocycles. The molecule has 5 nitrogen and oxygen atoms in total. The first-order valence-electron chi connectivity index (χ1n) is 5.26. The van der Waals surface area contributed by atoms with Crippen molar-refractivity contribution in [1.29, 1.82) is 0 Å². The topological polar surface area (TPSA) is 74.4 Å². The molecule has 0 radical (unpaired) electrons. The summed E-state index contributed by atoms with van der Waals surface area (Å²) in [6, 6.07) is 3.26. The average molecular weight is 222 g/mol. The van der Waals surface area contributed by atoms with Crippen LogP contribution in [0.3, 0.4) is 0 Å². The number of rotatable bonds is 3. The molecule has 1 aromatic heterocycles. The number of nitrogens with two attached hydrogens (primary N) is 1. The van der Waals surface area contributed by atoms with Crippen molar-refractivity contribution in [3.63, 3.8) is 0 Å². The van der Waals surface area contributed by atoms with Crippen molar-refractivity contribution in [2.45, 2.75) is 18.9 Å². The minimum Gasteiger partial charge on any atom is -0.471 e. The van der Waals surface area contributed by atoms with Gasteiger partial charge in [0, 0.05) is 12.8 Å². The fraction of sp³-hybridized carbons (Fsp3) is 0.455. The Balaban J connectivity index is 2.10. The fourth-order valence-corrected chi connectivity index (χ4v) is 1.63. The molecule has 1 fully saturated rings. The van der Waals surface area contributed by atoms with E-state index in [2.05, 4.69) is 4.98 Å². The summed E-state index contributed by atoms with van der Waals surface area (Å²) in [7, 11) is 0. The largest absolute Gasteiger partial charge is 0.471 e. The van der Waals surface area contributed by atoms with Gasteiger partial charge in [-0.1, -0.05) is 0 Å². The van der Waals surface area contributed by atoms with E-state index in [0.717, 1.165) is 19.4 Å². The Morgan fingerprint density at radius 2 is 2.50 bits per heavy atom. The highest BCUT2D eigenvalue weighted by molar-refractivity contribution is 5.94. The van der Waals surface area contributed by atoms with Gasteiger partial charge in [-0.05, 0) is 25.0 Å². The van der Waals surface area contributed by atoms with E-state index in [0.29, 0.717) is 18.1 Å². The van der Waals surface area contributed by atoms with Crippen LogP contribution in [0.5, 0.6) is 5.88 Å². The predicted octanol–water partition coefficient (Wildman–Crippen LogP) is 0.738. The second-order valence-electron chi connectivity index (χ2n) is 3.68. The van der Waals surface area contributed by atoms with Gasteiger partial charge in [-0.3, -0.25) is 4.79 Å². The van der Waals surface area contributed by atoms with Crippen molar-refractivity contribution < 1.29 is 14.3 Å². The van der Waals surface area contributed by atoms with Crippen LogP contribution in [0, 0.1) is 0 Å². The molecule has 1 aromatic rings. The van der Waals surface area contributed by atoms with Gasteiger partial charge in [-0.15, -0.1) is 0 Å². The summed E-state index contributed by atoms with van der Waals surface area (Å²) >= 11 is 0. The third kappa shape index (κ3) is 2.49. The molecule has 0 aromatic carbocycles. The maximum Gasteiger partial charge on any atom is 0.254 e. The van der Waals surface area contributed by atoms with E-state index in [1.54, 1.807) is 18.3 Å². The molecule has 0 spiro atoms. The average Bonchev–Trinajstić information content (AvgIpc) is 2.31. The lowest BCUT2D eigenvalue weighted by Gasteiger charge is -2.23. The van der Waals surface area contributed by atoms with Gasteiger partial charge in [0.15, 0.2) is 0 Å². The van der Waals surface area contributed by atoms with E-state index in [-0.39, 0.29) is 6.10 Å². The van der Waals surface area contributed by atoms with E-state index < -0.39 is 5.91 Å².